The molecule has 1 atom stereocenters. The van der Waals surface area contributed by atoms with Crippen molar-refractivity contribution < 1.29 is 13.2 Å². The van der Waals surface area contributed by atoms with Gasteiger partial charge in [0.05, 0.1) is 11.6 Å². The smallest absolute Gasteiger partial charge is 0.307 e. The molecule has 1 aromatic carbocycles. The lowest BCUT2D eigenvalue weighted by atomic mass is 9.99. The van der Waals surface area contributed by atoms with Gasteiger partial charge in [-0.1, -0.05) is 18.2 Å². The van der Waals surface area contributed by atoms with Crippen LogP contribution >= 0.6 is 0 Å². The summed E-state index contributed by atoms with van der Waals surface area (Å²) < 4.78 is 39.2. The Morgan fingerprint density at radius 3 is 2.25 bits per heavy atom. The Balaban J connectivity index is 2.50. The summed E-state index contributed by atoms with van der Waals surface area (Å²) in [5.41, 5.74) is 0.294. The molecule has 0 aliphatic carbocycles. The molecule has 0 bridgehead atoms. The third kappa shape index (κ3) is 2.96. The van der Waals surface area contributed by atoms with Crippen molar-refractivity contribution in [1.29, 1.82) is 0 Å². The first kappa shape index (κ1) is 14.5. The Hall–Kier alpha value is -1.95. The number of hydrogen-bond acceptors (Lipinski definition) is 3. The van der Waals surface area contributed by atoms with E-state index in [0.717, 1.165) is 11.6 Å². The van der Waals surface area contributed by atoms with Crippen molar-refractivity contribution in [3.8, 4) is 0 Å². The minimum atomic E-state index is -4.41. The van der Waals surface area contributed by atoms with Gasteiger partial charge in [-0.05, 0) is 31.2 Å². The van der Waals surface area contributed by atoms with Gasteiger partial charge in [-0.15, -0.1) is 0 Å². The first-order valence-electron chi connectivity index (χ1n) is 6.05. The lowest BCUT2D eigenvalue weighted by Crippen LogP contribution is -2.23. The highest BCUT2D eigenvalue weighted by molar-refractivity contribution is 5.35. The summed E-state index contributed by atoms with van der Waals surface area (Å²) in [4.78, 5) is 8.22. The van der Waals surface area contributed by atoms with Crippen LogP contribution in [0.1, 0.15) is 28.6 Å². The Morgan fingerprint density at radius 2 is 1.70 bits per heavy atom. The van der Waals surface area contributed by atoms with Crippen molar-refractivity contribution in [3.63, 3.8) is 0 Å². The third-order valence-corrected chi connectivity index (χ3v) is 2.92. The summed E-state index contributed by atoms with van der Waals surface area (Å²) in [5.74, 6) is 0.315. The molecule has 0 radical (unpaired) electrons. The molecule has 3 nitrogen and oxygen atoms in total. The molecular formula is C14H14F3N3. The number of hydrogen-bond donors (Lipinski definition) is 1. The third-order valence-electron chi connectivity index (χ3n) is 2.92. The topological polar surface area (TPSA) is 37.8 Å². The normalized spacial score (nSPS) is 13.2. The molecule has 0 aliphatic heterocycles. The molecule has 2 rings (SSSR count). The molecule has 0 amide bonds. The first-order valence-corrected chi connectivity index (χ1v) is 6.05. The van der Waals surface area contributed by atoms with Gasteiger partial charge < -0.3 is 5.32 Å². The standard InChI is InChI=1S/C14H14F3N3/c1-9-7-19-13(20-8-9)12(18-2)10-5-3-4-6-11(10)14(15,16)17/h3-8,12,18H,1-2H3. The maximum Gasteiger partial charge on any atom is 0.416 e. The van der Waals surface area contributed by atoms with Gasteiger partial charge in [0.25, 0.3) is 0 Å². The number of aryl methyl sites for hydroxylation is 1. The Morgan fingerprint density at radius 1 is 1.10 bits per heavy atom. The fourth-order valence-corrected chi connectivity index (χ4v) is 1.98. The van der Waals surface area contributed by atoms with Crippen LogP contribution in [0, 0.1) is 6.92 Å². The van der Waals surface area contributed by atoms with E-state index in [2.05, 4.69) is 15.3 Å². The van der Waals surface area contributed by atoms with E-state index in [4.69, 9.17) is 0 Å². The first-order chi connectivity index (χ1) is 9.43. The number of alkyl halides is 3. The van der Waals surface area contributed by atoms with Gasteiger partial charge in [0.2, 0.25) is 0 Å². The largest absolute Gasteiger partial charge is 0.416 e. The molecule has 1 N–H and O–H groups in total. The van der Waals surface area contributed by atoms with E-state index in [9.17, 15) is 13.2 Å². The average molecular weight is 281 g/mol. The van der Waals surface area contributed by atoms with Crippen LogP contribution in [-0.2, 0) is 6.18 Å². The minimum absolute atomic E-state index is 0.117. The molecule has 1 unspecified atom stereocenters. The Labute approximate surface area is 114 Å². The van der Waals surface area contributed by atoms with Crippen molar-refractivity contribution in [2.45, 2.75) is 19.1 Å². The van der Waals surface area contributed by atoms with Crippen LogP contribution < -0.4 is 5.32 Å². The molecule has 0 spiro atoms. The number of benzene rings is 1. The molecule has 6 heteroatoms. The summed E-state index contributed by atoms with van der Waals surface area (Å²) >= 11 is 0. The summed E-state index contributed by atoms with van der Waals surface area (Å²) in [5, 5.41) is 2.84. The van der Waals surface area contributed by atoms with Crippen molar-refractivity contribution in [1.82, 2.24) is 15.3 Å². The van der Waals surface area contributed by atoms with Crippen LogP contribution in [0.2, 0.25) is 0 Å². The molecule has 1 heterocycles. The van der Waals surface area contributed by atoms with E-state index in [-0.39, 0.29) is 5.56 Å². The quantitative estimate of drug-likeness (QED) is 0.939. The molecular weight excluding hydrogens is 267 g/mol. The minimum Gasteiger partial charge on any atom is -0.307 e. The molecule has 2 aromatic rings. The average Bonchev–Trinajstić information content (AvgIpc) is 2.41. The highest BCUT2D eigenvalue weighted by Crippen LogP contribution is 2.35. The number of rotatable bonds is 3. The van der Waals surface area contributed by atoms with Gasteiger partial charge in [-0.2, -0.15) is 13.2 Å². The summed E-state index contributed by atoms with van der Waals surface area (Å²) in [6.07, 6.45) is -1.23. The zero-order valence-corrected chi connectivity index (χ0v) is 11.1. The maximum absolute atomic E-state index is 13.1. The second-order valence-electron chi connectivity index (χ2n) is 4.43. The van der Waals surface area contributed by atoms with Crippen LogP contribution in [0.5, 0.6) is 0 Å². The van der Waals surface area contributed by atoms with Crippen molar-refractivity contribution >= 4 is 0 Å². The Kier molecular flexibility index (Phi) is 4.04. The number of aromatic nitrogens is 2. The van der Waals surface area contributed by atoms with Gasteiger partial charge in [-0.25, -0.2) is 9.97 Å². The molecule has 106 valence electrons. The van der Waals surface area contributed by atoms with Crippen LogP contribution in [0.3, 0.4) is 0 Å². The van der Waals surface area contributed by atoms with E-state index in [1.165, 1.54) is 12.1 Å². The van der Waals surface area contributed by atoms with Gasteiger partial charge in [-0.3, -0.25) is 0 Å². The second-order valence-corrected chi connectivity index (χ2v) is 4.43. The SMILES string of the molecule is CNC(c1ncc(C)cn1)c1ccccc1C(F)(F)F. The summed E-state index contributed by atoms with van der Waals surface area (Å²) in [6.45, 7) is 1.82. The van der Waals surface area contributed by atoms with E-state index in [0.29, 0.717) is 5.82 Å². The predicted octanol–water partition coefficient (Wildman–Crippen LogP) is 3.11. The molecule has 20 heavy (non-hydrogen) atoms. The monoisotopic (exact) mass is 281 g/mol. The number of halogens is 3. The summed E-state index contributed by atoms with van der Waals surface area (Å²) in [7, 11) is 1.58. The van der Waals surface area contributed by atoms with E-state index in [1.54, 1.807) is 25.5 Å². The second kappa shape index (κ2) is 5.58. The zero-order valence-electron chi connectivity index (χ0n) is 11.1. The number of nitrogens with one attached hydrogen (secondary N) is 1. The summed E-state index contributed by atoms with van der Waals surface area (Å²) in [6, 6.07) is 4.74. The maximum atomic E-state index is 13.1. The van der Waals surface area contributed by atoms with Gasteiger partial charge in [0.1, 0.15) is 5.82 Å². The highest BCUT2D eigenvalue weighted by Gasteiger charge is 2.35. The van der Waals surface area contributed by atoms with Crippen molar-refractivity contribution in [2.75, 3.05) is 7.05 Å². The Bertz CT molecular complexity index is 579. The zero-order chi connectivity index (χ0) is 14.8. The number of nitrogens with zero attached hydrogens (tertiary/aromatic N) is 2. The molecule has 0 aliphatic rings. The fourth-order valence-electron chi connectivity index (χ4n) is 1.98. The van der Waals surface area contributed by atoms with Gasteiger partial charge in [0.15, 0.2) is 0 Å². The van der Waals surface area contributed by atoms with Gasteiger partial charge >= 0.3 is 6.18 Å². The van der Waals surface area contributed by atoms with Crippen LogP contribution in [0.25, 0.3) is 0 Å². The van der Waals surface area contributed by atoms with Crippen LogP contribution in [-0.4, -0.2) is 17.0 Å². The van der Waals surface area contributed by atoms with Crippen LogP contribution in [0.15, 0.2) is 36.7 Å². The van der Waals surface area contributed by atoms with Crippen molar-refractivity contribution in [2.24, 2.45) is 0 Å². The van der Waals surface area contributed by atoms with E-state index < -0.39 is 17.8 Å². The van der Waals surface area contributed by atoms with Crippen molar-refractivity contribution in [3.05, 3.63) is 59.2 Å². The van der Waals surface area contributed by atoms with E-state index >= 15 is 0 Å². The van der Waals surface area contributed by atoms with E-state index in [1.807, 2.05) is 6.92 Å². The lowest BCUT2D eigenvalue weighted by molar-refractivity contribution is -0.138. The van der Waals surface area contributed by atoms with Gasteiger partial charge in [0, 0.05) is 12.4 Å². The fraction of sp³-hybridized carbons (Fsp3) is 0.286. The molecule has 0 saturated heterocycles. The molecule has 0 fully saturated rings. The molecule has 0 saturated carbocycles. The van der Waals surface area contributed by atoms with Crippen LogP contribution in [0.4, 0.5) is 13.2 Å². The highest BCUT2D eigenvalue weighted by atomic mass is 19.4. The lowest BCUT2D eigenvalue weighted by Gasteiger charge is -2.20. The molecule has 1 aromatic heterocycles. The predicted molar refractivity (Wildman–Crippen MR) is 69.1 cm³/mol.